The van der Waals surface area contributed by atoms with Gasteiger partial charge in [0, 0.05) is 42.8 Å². The number of aliphatic carboxylic acids is 1. The first-order valence-electron chi connectivity index (χ1n) is 9.53. The second-order valence-electron chi connectivity index (χ2n) is 8.13. The maximum atomic E-state index is 12.8. The Hall–Kier alpha value is -2.46. The molecule has 140 valence electrons. The number of Topliss-reactive ketones (excluding diaryl/α,β-unsaturated/α-hetero) is 1. The summed E-state index contributed by atoms with van der Waals surface area (Å²) < 4.78 is 0. The summed E-state index contributed by atoms with van der Waals surface area (Å²) in [5.41, 5.74) is 0.280. The lowest BCUT2D eigenvalue weighted by Crippen LogP contribution is -2.63. The molecule has 4 nitrogen and oxygen atoms in total. The third kappa shape index (κ3) is 2.71. The fourth-order valence-corrected chi connectivity index (χ4v) is 5.25. The zero-order chi connectivity index (χ0) is 19.1. The van der Waals surface area contributed by atoms with E-state index in [1.165, 1.54) is 0 Å². The monoisotopic (exact) mass is 362 g/mol. The minimum Gasteiger partial charge on any atom is -0.549 e. The van der Waals surface area contributed by atoms with Crippen LogP contribution >= 0.6 is 0 Å². The second kappa shape index (κ2) is 6.61. The third-order valence-electron chi connectivity index (χ3n) is 6.78. The number of carboxylic acids is 1. The molecule has 2 fully saturated rings. The van der Waals surface area contributed by atoms with Crippen molar-refractivity contribution in [2.45, 2.75) is 31.7 Å². The van der Waals surface area contributed by atoms with E-state index in [9.17, 15) is 14.7 Å². The molecule has 0 aromatic heterocycles. The van der Waals surface area contributed by atoms with Gasteiger partial charge in [-0.25, -0.2) is 0 Å². The highest BCUT2D eigenvalue weighted by atomic mass is 16.4. The predicted octanol–water partition coefficient (Wildman–Crippen LogP) is 2.18. The van der Waals surface area contributed by atoms with Crippen molar-refractivity contribution in [3.8, 4) is 0 Å². The number of ketones is 1. The van der Waals surface area contributed by atoms with Gasteiger partial charge in [-0.2, -0.15) is 0 Å². The summed E-state index contributed by atoms with van der Waals surface area (Å²) >= 11 is 0. The van der Waals surface area contributed by atoms with Crippen molar-refractivity contribution in [2.24, 2.45) is 11.3 Å². The zero-order valence-corrected chi connectivity index (χ0v) is 15.6. The summed E-state index contributed by atoms with van der Waals surface area (Å²) in [5.74, 6) is -1.56. The van der Waals surface area contributed by atoms with Crippen LogP contribution in [0.4, 0.5) is 0 Å². The van der Waals surface area contributed by atoms with Gasteiger partial charge in [0.05, 0.1) is 5.97 Å². The van der Waals surface area contributed by atoms with Crippen LogP contribution in [0.2, 0.25) is 0 Å². The molecule has 4 heteroatoms. The number of carbonyl (C=O) groups excluding carboxylic acids is 2. The van der Waals surface area contributed by atoms with Gasteiger partial charge in [0.25, 0.3) is 0 Å². The largest absolute Gasteiger partial charge is 0.549 e. The predicted molar refractivity (Wildman–Crippen MR) is 101 cm³/mol. The molecule has 1 saturated heterocycles. The Bertz CT molecular complexity index is 850. The first kappa shape index (κ1) is 17.9. The topological polar surface area (TPSA) is 60.4 Å². The fraction of sp³-hybridized carbons (Fsp3) is 0.391. The number of hydrogen-bond donors (Lipinski definition) is 0. The molecule has 0 N–H and O–H groups in total. The standard InChI is InChI=1S/C23H25NO3/c1-22(18-10-6-3-7-11-18)13-12-20(25)19-15-24(16-23(19,22)21(26)27)14-17-8-4-2-5-9-17/h2-11,19H,12-16H2,1H3,(H,26,27)/p-1. The SMILES string of the molecule is CC1(c2ccccc2)CCC(=O)C2CN(Cc3ccccc3)CC21C(=O)[O-]. The van der Waals surface area contributed by atoms with Crippen LogP contribution in [0.25, 0.3) is 0 Å². The Labute approximate surface area is 159 Å². The smallest absolute Gasteiger partial charge is 0.138 e. The van der Waals surface area contributed by atoms with E-state index in [1.807, 2.05) is 67.6 Å². The van der Waals surface area contributed by atoms with E-state index in [-0.39, 0.29) is 5.78 Å². The molecule has 0 spiro atoms. The normalized spacial score (nSPS) is 30.9. The van der Waals surface area contributed by atoms with Gasteiger partial charge >= 0.3 is 0 Å². The van der Waals surface area contributed by atoms with E-state index in [0.717, 1.165) is 11.1 Å². The number of carbonyl (C=O) groups is 2. The summed E-state index contributed by atoms with van der Waals surface area (Å²) in [6.45, 7) is 3.46. The van der Waals surface area contributed by atoms with Crippen LogP contribution in [0.1, 0.15) is 30.9 Å². The van der Waals surface area contributed by atoms with E-state index >= 15 is 0 Å². The Kier molecular flexibility index (Phi) is 4.39. The molecule has 27 heavy (non-hydrogen) atoms. The molecule has 2 aromatic carbocycles. The number of likely N-dealkylation sites (tertiary alicyclic amines) is 1. The average molecular weight is 362 g/mol. The number of benzene rings is 2. The van der Waals surface area contributed by atoms with E-state index in [1.54, 1.807) is 0 Å². The van der Waals surface area contributed by atoms with Crippen LogP contribution in [-0.4, -0.2) is 29.7 Å². The molecule has 3 unspecified atom stereocenters. The molecule has 0 amide bonds. The molecule has 4 rings (SSSR count). The van der Waals surface area contributed by atoms with Crippen molar-refractivity contribution in [1.29, 1.82) is 0 Å². The molecule has 3 atom stereocenters. The number of rotatable bonds is 4. The molecular formula is C23H24NO3-. The Morgan fingerprint density at radius 1 is 1.11 bits per heavy atom. The molecule has 1 heterocycles. The minimum atomic E-state index is -1.20. The van der Waals surface area contributed by atoms with Crippen LogP contribution < -0.4 is 5.11 Å². The van der Waals surface area contributed by atoms with Crippen LogP contribution in [0, 0.1) is 11.3 Å². The van der Waals surface area contributed by atoms with Crippen molar-refractivity contribution in [3.05, 3.63) is 71.8 Å². The lowest BCUT2D eigenvalue weighted by atomic mass is 9.50. The van der Waals surface area contributed by atoms with Gasteiger partial charge < -0.3 is 9.90 Å². The summed E-state index contributed by atoms with van der Waals surface area (Å²) in [6, 6.07) is 19.8. The first-order chi connectivity index (χ1) is 13.0. The molecule has 0 radical (unpaired) electrons. The number of carboxylic acid groups (broad SMARTS) is 1. The summed E-state index contributed by atoms with van der Waals surface area (Å²) in [4.78, 5) is 27.5. The first-order valence-corrected chi connectivity index (χ1v) is 9.53. The van der Waals surface area contributed by atoms with Gasteiger partial charge in [-0.3, -0.25) is 9.69 Å². The van der Waals surface area contributed by atoms with Gasteiger partial charge in [0.15, 0.2) is 0 Å². The molecule has 2 aromatic rings. The molecule has 0 bridgehead atoms. The molecule has 1 saturated carbocycles. The highest BCUT2D eigenvalue weighted by Crippen LogP contribution is 2.57. The molecule has 2 aliphatic rings. The van der Waals surface area contributed by atoms with Gasteiger partial charge in [-0.15, -0.1) is 0 Å². The second-order valence-corrected chi connectivity index (χ2v) is 8.13. The number of fused-ring (bicyclic) bond motifs is 1. The summed E-state index contributed by atoms with van der Waals surface area (Å²) in [7, 11) is 0. The summed E-state index contributed by atoms with van der Waals surface area (Å²) in [5, 5.41) is 12.6. The van der Waals surface area contributed by atoms with Crippen LogP contribution in [0.5, 0.6) is 0 Å². The lowest BCUT2D eigenvalue weighted by molar-refractivity contribution is -0.325. The van der Waals surface area contributed by atoms with Crippen LogP contribution in [0.15, 0.2) is 60.7 Å². The van der Waals surface area contributed by atoms with Crippen molar-refractivity contribution >= 4 is 11.8 Å². The lowest BCUT2D eigenvalue weighted by Gasteiger charge is -2.53. The minimum absolute atomic E-state index is 0.0585. The van der Waals surface area contributed by atoms with E-state index < -0.39 is 22.7 Å². The molecule has 1 aliphatic carbocycles. The van der Waals surface area contributed by atoms with E-state index in [0.29, 0.717) is 32.5 Å². The fourth-order valence-electron chi connectivity index (χ4n) is 5.25. The van der Waals surface area contributed by atoms with Crippen molar-refractivity contribution in [3.63, 3.8) is 0 Å². The Balaban J connectivity index is 1.76. The quantitative estimate of drug-likeness (QED) is 0.836. The van der Waals surface area contributed by atoms with Gasteiger partial charge in [-0.05, 0) is 17.5 Å². The maximum Gasteiger partial charge on any atom is 0.138 e. The van der Waals surface area contributed by atoms with Crippen molar-refractivity contribution in [1.82, 2.24) is 4.90 Å². The highest BCUT2D eigenvalue weighted by molar-refractivity contribution is 5.92. The van der Waals surface area contributed by atoms with Crippen LogP contribution in [0.3, 0.4) is 0 Å². The zero-order valence-electron chi connectivity index (χ0n) is 15.6. The number of nitrogens with zero attached hydrogens (tertiary/aromatic N) is 1. The molecule has 1 aliphatic heterocycles. The maximum absolute atomic E-state index is 12.8. The number of hydrogen-bond acceptors (Lipinski definition) is 4. The Morgan fingerprint density at radius 3 is 2.37 bits per heavy atom. The van der Waals surface area contributed by atoms with Gasteiger partial charge in [0.1, 0.15) is 5.78 Å². The van der Waals surface area contributed by atoms with Crippen LogP contribution in [-0.2, 0) is 21.5 Å². The van der Waals surface area contributed by atoms with E-state index in [4.69, 9.17) is 0 Å². The van der Waals surface area contributed by atoms with Crippen molar-refractivity contribution in [2.75, 3.05) is 13.1 Å². The van der Waals surface area contributed by atoms with Gasteiger partial charge in [0.2, 0.25) is 0 Å². The third-order valence-corrected chi connectivity index (χ3v) is 6.78. The average Bonchev–Trinajstić information content (AvgIpc) is 3.08. The highest BCUT2D eigenvalue weighted by Gasteiger charge is 2.63. The summed E-state index contributed by atoms with van der Waals surface area (Å²) in [6.07, 6.45) is 0.962. The van der Waals surface area contributed by atoms with E-state index in [2.05, 4.69) is 4.90 Å². The Morgan fingerprint density at radius 2 is 1.74 bits per heavy atom. The van der Waals surface area contributed by atoms with Crippen molar-refractivity contribution < 1.29 is 14.7 Å². The van der Waals surface area contributed by atoms with Gasteiger partial charge in [-0.1, -0.05) is 67.6 Å². The molecular weight excluding hydrogens is 338 g/mol.